The minimum Gasteiger partial charge on any atom is -0.319 e. The van der Waals surface area contributed by atoms with Crippen molar-refractivity contribution in [3.05, 3.63) is 76.9 Å². The molecule has 0 fully saturated rings. The summed E-state index contributed by atoms with van der Waals surface area (Å²) in [6.07, 6.45) is -1.49. The molecule has 0 aliphatic carbocycles. The van der Waals surface area contributed by atoms with Crippen LogP contribution in [-0.4, -0.2) is 25.8 Å². The molecule has 1 amide bonds. The van der Waals surface area contributed by atoms with E-state index >= 15 is 0 Å². The van der Waals surface area contributed by atoms with Crippen molar-refractivity contribution in [1.29, 1.82) is 0 Å². The van der Waals surface area contributed by atoms with Crippen LogP contribution >= 0.6 is 0 Å². The number of halogens is 4. The van der Waals surface area contributed by atoms with Gasteiger partial charge in [0, 0.05) is 41.0 Å². The molecule has 1 aromatic carbocycles. The molecule has 0 saturated heterocycles. The molecule has 3 heterocycles. The Balaban J connectivity index is 1.72. The van der Waals surface area contributed by atoms with Gasteiger partial charge in [0.15, 0.2) is 5.65 Å². The van der Waals surface area contributed by atoms with Crippen LogP contribution < -0.4 is 5.32 Å². The van der Waals surface area contributed by atoms with Crippen molar-refractivity contribution < 1.29 is 22.4 Å². The zero-order valence-electron chi connectivity index (χ0n) is 18.5. The summed E-state index contributed by atoms with van der Waals surface area (Å²) in [5.41, 5.74) is 1.39. The van der Waals surface area contributed by atoms with Crippen molar-refractivity contribution in [1.82, 2.24) is 19.9 Å². The number of aryl methyl sites for hydroxylation is 3. The van der Waals surface area contributed by atoms with E-state index < -0.39 is 23.6 Å². The van der Waals surface area contributed by atoms with Gasteiger partial charge < -0.3 is 5.32 Å². The summed E-state index contributed by atoms with van der Waals surface area (Å²) in [6.45, 7) is 5.44. The highest BCUT2D eigenvalue weighted by Crippen LogP contribution is 2.33. The minimum absolute atomic E-state index is 0.173. The number of aromatic nitrogens is 4. The van der Waals surface area contributed by atoms with E-state index in [-0.39, 0.29) is 11.3 Å². The topological polar surface area (TPSA) is 80.7 Å². The first-order valence-corrected chi connectivity index (χ1v) is 10.3. The molecule has 1 N–H and O–H groups in total. The van der Waals surface area contributed by atoms with Gasteiger partial charge >= 0.3 is 6.18 Å². The smallest absolute Gasteiger partial charge is 0.319 e. The summed E-state index contributed by atoms with van der Waals surface area (Å²) in [5.74, 6) is -0.947. The molecule has 4 aromatic rings. The van der Waals surface area contributed by atoms with Gasteiger partial charge in [0.05, 0.1) is 5.69 Å². The van der Waals surface area contributed by atoms with Crippen LogP contribution in [0.15, 0.2) is 42.7 Å². The maximum Gasteiger partial charge on any atom is 0.433 e. The molecule has 0 spiro atoms. The number of nitrogens with one attached hydrogen (secondary N) is 1. The number of pyridine rings is 2. The Kier molecular flexibility index (Phi) is 5.99. The summed E-state index contributed by atoms with van der Waals surface area (Å²) in [6, 6.07) is 6.26. The molecular weight excluding hydrogens is 450 g/mol. The number of anilines is 1. The average Bonchev–Trinajstić information content (AvgIpc) is 2.79. The third kappa shape index (κ3) is 4.57. The Morgan fingerprint density at radius 1 is 1.03 bits per heavy atom. The highest BCUT2D eigenvalue weighted by atomic mass is 19.4. The fourth-order valence-electron chi connectivity index (χ4n) is 3.51. The molecule has 0 aliphatic rings. The molecule has 10 heteroatoms. The number of alkyl halides is 3. The van der Waals surface area contributed by atoms with Crippen LogP contribution in [0.25, 0.3) is 22.2 Å². The lowest BCUT2D eigenvalue weighted by Gasteiger charge is -2.14. The van der Waals surface area contributed by atoms with E-state index in [4.69, 9.17) is 0 Å². The lowest BCUT2D eigenvalue weighted by molar-refractivity contribution is -0.141. The molecule has 0 saturated carbocycles. The second-order valence-electron chi connectivity index (χ2n) is 7.70. The standard InChI is InChI=1S/C24H19F4N5O/c1-4-21-30-11-15-8-17(13(3)31-22(15)33-21)16-10-19(18(25)7-12(16)2)32-23(34)14-5-6-29-20(9-14)24(26,27)28/h5-11H,4H2,1-3H3,(H,32,34). The number of carbonyl (C=O) groups excluding carboxylic acids is 1. The Morgan fingerprint density at radius 2 is 1.79 bits per heavy atom. The fourth-order valence-corrected chi connectivity index (χ4v) is 3.51. The molecule has 0 atom stereocenters. The fraction of sp³-hybridized carbons (Fsp3) is 0.208. The predicted molar refractivity (Wildman–Crippen MR) is 119 cm³/mol. The molecular formula is C24H19F4N5O. The Bertz CT molecular complexity index is 1420. The van der Waals surface area contributed by atoms with Gasteiger partial charge in [-0.3, -0.25) is 9.78 Å². The van der Waals surface area contributed by atoms with Crippen molar-refractivity contribution in [2.24, 2.45) is 0 Å². The quantitative estimate of drug-likeness (QED) is 0.389. The molecule has 0 unspecified atom stereocenters. The maximum atomic E-state index is 14.7. The zero-order valence-corrected chi connectivity index (χ0v) is 18.5. The van der Waals surface area contributed by atoms with Gasteiger partial charge in [-0.1, -0.05) is 6.92 Å². The van der Waals surface area contributed by atoms with Crippen LogP contribution in [0.3, 0.4) is 0 Å². The maximum absolute atomic E-state index is 14.7. The first kappa shape index (κ1) is 23.2. The van der Waals surface area contributed by atoms with Gasteiger partial charge in [0.1, 0.15) is 17.3 Å². The first-order valence-electron chi connectivity index (χ1n) is 10.3. The third-order valence-electron chi connectivity index (χ3n) is 5.29. The average molecular weight is 469 g/mol. The van der Waals surface area contributed by atoms with Gasteiger partial charge in [0.2, 0.25) is 0 Å². The number of hydrogen-bond acceptors (Lipinski definition) is 5. The summed E-state index contributed by atoms with van der Waals surface area (Å²) in [7, 11) is 0. The van der Waals surface area contributed by atoms with Crippen molar-refractivity contribution in [3.8, 4) is 11.1 Å². The number of fused-ring (bicyclic) bond motifs is 1. The molecule has 0 aliphatic heterocycles. The summed E-state index contributed by atoms with van der Waals surface area (Å²) in [5, 5.41) is 3.06. The van der Waals surface area contributed by atoms with Crippen LogP contribution in [0.2, 0.25) is 0 Å². The summed E-state index contributed by atoms with van der Waals surface area (Å²) < 4.78 is 53.5. The number of nitrogens with zero attached hydrogens (tertiary/aromatic N) is 4. The first-order chi connectivity index (χ1) is 16.1. The van der Waals surface area contributed by atoms with E-state index in [1.165, 1.54) is 12.1 Å². The molecule has 34 heavy (non-hydrogen) atoms. The molecule has 6 nitrogen and oxygen atoms in total. The SMILES string of the molecule is CCc1ncc2cc(-c3cc(NC(=O)c4ccnc(C(F)(F)F)c4)c(F)cc3C)c(C)nc2n1. The number of rotatable bonds is 4. The Labute approximate surface area is 192 Å². The van der Waals surface area contributed by atoms with Crippen LogP contribution in [0.1, 0.15) is 40.1 Å². The highest BCUT2D eigenvalue weighted by molar-refractivity contribution is 6.04. The lowest BCUT2D eigenvalue weighted by atomic mass is 9.97. The minimum atomic E-state index is -4.71. The van der Waals surface area contributed by atoms with E-state index in [0.717, 1.165) is 12.3 Å². The van der Waals surface area contributed by atoms with Crippen LogP contribution in [0.4, 0.5) is 23.2 Å². The number of hydrogen-bond donors (Lipinski definition) is 1. The highest BCUT2D eigenvalue weighted by Gasteiger charge is 2.33. The Morgan fingerprint density at radius 3 is 2.50 bits per heavy atom. The summed E-state index contributed by atoms with van der Waals surface area (Å²) in [4.78, 5) is 29.1. The van der Waals surface area contributed by atoms with Crippen LogP contribution in [-0.2, 0) is 12.6 Å². The largest absolute Gasteiger partial charge is 0.433 e. The van der Waals surface area contributed by atoms with Gasteiger partial charge in [-0.25, -0.2) is 19.3 Å². The van der Waals surface area contributed by atoms with Crippen LogP contribution in [0.5, 0.6) is 0 Å². The van der Waals surface area contributed by atoms with Gasteiger partial charge in [0.25, 0.3) is 5.91 Å². The van der Waals surface area contributed by atoms with E-state index in [1.807, 2.05) is 13.0 Å². The lowest BCUT2D eigenvalue weighted by Crippen LogP contribution is -2.16. The second-order valence-corrected chi connectivity index (χ2v) is 7.70. The van der Waals surface area contributed by atoms with Gasteiger partial charge in [-0.15, -0.1) is 0 Å². The van der Waals surface area contributed by atoms with E-state index in [0.29, 0.717) is 51.7 Å². The second kappa shape index (κ2) is 8.77. The van der Waals surface area contributed by atoms with Gasteiger partial charge in [-0.2, -0.15) is 13.2 Å². The predicted octanol–water partition coefficient (Wildman–Crippen LogP) is 5.68. The van der Waals surface area contributed by atoms with Crippen LogP contribution in [0, 0.1) is 19.7 Å². The van der Waals surface area contributed by atoms with Crippen molar-refractivity contribution in [2.75, 3.05) is 5.32 Å². The van der Waals surface area contributed by atoms with E-state index in [1.54, 1.807) is 20.0 Å². The van der Waals surface area contributed by atoms with E-state index in [9.17, 15) is 22.4 Å². The van der Waals surface area contributed by atoms with Crippen molar-refractivity contribution in [3.63, 3.8) is 0 Å². The molecule has 0 radical (unpaired) electrons. The van der Waals surface area contributed by atoms with Crippen molar-refractivity contribution in [2.45, 2.75) is 33.4 Å². The third-order valence-corrected chi connectivity index (χ3v) is 5.29. The monoisotopic (exact) mass is 469 g/mol. The van der Waals surface area contributed by atoms with E-state index in [2.05, 4.69) is 25.3 Å². The zero-order chi connectivity index (χ0) is 24.6. The number of carbonyl (C=O) groups is 1. The Hall–Kier alpha value is -3.95. The normalized spacial score (nSPS) is 11.6. The number of amides is 1. The molecule has 4 rings (SSSR count). The molecule has 174 valence electrons. The van der Waals surface area contributed by atoms with Crippen molar-refractivity contribution >= 4 is 22.6 Å². The number of benzene rings is 1. The van der Waals surface area contributed by atoms with Gasteiger partial charge in [-0.05, 0) is 55.3 Å². The molecule has 3 aromatic heterocycles. The summed E-state index contributed by atoms with van der Waals surface area (Å²) >= 11 is 0. The molecule has 0 bridgehead atoms.